The molecule has 1 saturated heterocycles. The monoisotopic (exact) mass is 239 g/mol. The number of para-hydroxylation sites is 1. The topological polar surface area (TPSA) is 3.24 Å². The number of alkyl halides is 2. The summed E-state index contributed by atoms with van der Waals surface area (Å²) in [6.07, 6.45) is 1.49. The second-order valence-electron chi connectivity index (χ2n) is 4.82. The van der Waals surface area contributed by atoms with Crippen molar-refractivity contribution in [3.05, 3.63) is 29.3 Å². The Morgan fingerprint density at radius 1 is 1.35 bits per heavy atom. The molecule has 0 aliphatic carbocycles. The third kappa shape index (κ3) is 2.59. The molecule has 0 unspecified atom stereocenters. The summed E-state index contributed by atoms with van der Waals surface area (Å²) < 4.78 is 26.9. The highest BCUT2D eigenvalue weighted by Gasteiger charge is 2.35. The zero-order valence-electron chi connectivity index (χ0n) is 10.5. The molecule has 1 aliphatic rings. The van der Waals surface area contributed by atoms with Crippen LogP contribution in [0.3, 0.4) is 0 Å². The zero-order chi connectivity index (χ0) is 12.5. The number of halogens is 2. The summed E-state index contributed by atoms with van der Waals surface area (Å²) in [5.41, 5.74) is 3.29. The maximum atomic E-state index is 13.5. The lowest BCUT2D eigenvalue weighted by atomic mass is 10.0. The van der Waals surface area contributed by atoms with E-state index in [1.807, 2.05) is 30.0 Å². The van der Waals surface area contributed by atoms with Crippen molar-refractivity contribution >= 4 is 5.69 Å². The van der Waals surface area contributed by atoms with E-state index in [9.17, 15) is 8.78 Å². The van der Waals surface area contributed by atoms with E-state index in [-0.39, 0.29) is 13.0 Å². The summed E-state index contributed by atoms with van der Waals surface area (Å²) in [7, 11) is 0. The molecule has 0 radical (unpaired) electrons. The minimum atomic E-state index is -2.54. The molecule has 94 valence electrons. The average Bonchev–Trinajstić information content (AvgIpc) is 2.27. The van der Waals surface area contributed by atoms with Crippen molar-refractivity contribution in [3.63, 3.8) is 0 Å². The van der Waals surface area contributed by atoms with Gasteiger partial charge in [-0.2, -0.15) is 0 Å². The van der Waals surface area contributed by atoms with Crippen molar-refractivity contribution in [2.24, 2.45) is 0 Å². The molecule has 1 fully saturated rings. The molecule has 0 bridgehead atoms. The molecule has 0 aromatic heterocycles. The molecular formula is C14H19F2N. The molecule has 1 nitrogen and oxygen atoms in total. The summed E-state index contributed by atoms with van der Waals surface area (Å²) >= 11 is 0. The first-order valence-corrected chi connectivity index (χ1v) is 6.25. The van der Waals surface area contributed by atoms with E-state index < -0.39 is 5.92 Å². The molecule has 2 rings (SSSR count). The molecular weight excluding hydrogens is 220 g/mol. The van der Waals surface area contributed by atoms with Crippen molar-refractivity contribution < 1.29 is 8.78 Å². The highest BCUT2D eigenvalue weighted by molar-refractivity contribution is 5.59. The van der Waals surface area contributed by atoms with Crippen molar-refractivity contribution in [2.75, 3.05) is 18.0 Å². The molecule has 3 heteroatoms. The van der Waals surface area contributed by atoms with Gasteiger partial charge < -0.3 is 4.90 Å². The lowest BCUT2D eigenvalue weighted by molar-refractivity contribution is -0.0117. The van der Waals surface area contributed by atoms with Gasteiger partial charge in [-0.15, -0.1) is 0 Å². The highest BCUT2D eigenvalue weighted by Crippen LogP contribution is 2.33. The van der Waals surface area contributed by atoms with E-state index in [1.165, 1.54) is 5.56 Å². The summed E-state index contributed by atoms with van der Waals surface area (Å²) in [4.78, 5) is 1.86. The first kappa shape index (κ1) is 12.3. The van der Waals surface area contributed by atoms with Crippen LogP contribution in [0.5, 0.6) is 0 Å². The minimum absolute atomic E-state index is 0.0246. The van der Waals surface area contributed by atoms with E-state index in [2.05, 4.69) is 6.92 Å². The summed E-state index contributed by atoms with van der Waals surface area (Å²) in [5, 5.41) is 0. The van der Waals surface area contributed by atoms with E-state index in [4.69, 9.17) is 0 Å². The molecule has 0 atom stereocenters. The van der Waals surface area contributed by atoms with Gasteiger partial charge in [0.1, 0.15) is 0 Å². The summed E-state index contributed by atoms with van der Waals surface area (Å²) in [6.45, 7) is 4.68. The minimum Gasteiger partial charge on any atom is -0.365 e. The second kappa shape index (κ2) is 4.63. The smallest absolute Gasteiger partial charge is 0.265 e. The van der Waals surface area contributed by atoms with Crippen LogP contribution >= 0.6 is 0 Å². The van der Waals surface area contributed by atoms with Gasteiger partial charge in [0.15, 0.2) is 0 Å². The van der Waals surface area contributed by atoms with Crippen LogP contribution in [0.15, 0.2) is 18.2 Å². The van der Waals surface area contributed by atoms with Crippen LogP contribution in [0, 0.1) is 6.92 Å². The average molecular weight is 239 g/mol. The Kier molecular flexibility index (Phi) is 3.36. The zero-order valence-corrected chi connectivity index (χ0v) is 10.5. The predicted octanol–water partition coefficient (Wildman–Crippen LogP) is 3.79. The van der Waals surface area contributed by atoms with Gasteiger partial charge in [0.05, 0.1) is 6.54 Å². The SMILES string of the molecule is CCc1cccc(C)c1N1CCCC(F)(F)C1. The number of benzene rings is 1. The fourth-order valence-electron chi connectivity index (χ4n) is 2.61. The number of hydrogen-bond donors (Lipinski definition) is 0. The molecule has 1 aromatic carbocycles. The number of hydrogen-bond acceptors (Lipinski definition) is 1. The molecule has 0 amide bonds. The maximum Gasteiger partial charge on any atom is 0.265 e. The van der Waals surface area contributed by atoms with E-state index >= 15 is 0 Å². The predicted molar refractivity (Wildman–Crippen MR) is 67.0 cm³/mol. The third-order valence-corrected chi connectivity index (χ3v) is 3.41. The van der Waals surface area contributed by atoms with Crippen LogP contribution in [-0.4, -0.2) is 19.0 Å². The molecule has 0 N–H and O–H groups in total. The van der Waals surface area contributed by atoms with Gasteiger partial charge in [-0.25, -0.2) is 8.78 Å². The van der Waals surface area contributed by atoms with Crippen LogP contribution in [-0.2, 0) is 6.42 Å². The largest absolute Gasteiger partial charge is 0.365 e. The lowest BCUT2D eigenvalue weighted by Gasteiger charge is -2.36. The van der Waals surface area contributed by atoms with Gasteiger partial charge in [0, 0.05) is 18.7 Å². The maximum absolute atomic E-state index is 13.5. The number of rotatable bonds is 2. The number of nitrogens with zero attached hydrogens (tertiary/aromatic N) is 1. The first-order chi connectivity index (χ1) is 8.03. The summed E-state index contributed by atoms with van der Waals surface area (Å²) in [6, 6.07) is 6.04. The van der Waals surface area contributed by atoms with Crippen molar-refractivity contribution in [3.8, 4) is 0 Å². The van der Waals surface area contributed by atoms with Crippen molar-refractivity contribution in [1.82, 2.24) is 0 Å². The molecule has 0 saturated carbocycles. The van der Waals surface area contributed by atoms with Crippen molar-refractivity contribution in [1.29, 1.82) is 0 Å². The molecule has 17 heavy (non-hydrogen) atoms. The summed E-state index contributed by atoms with van der Waals surface area (Å²) in [5.74, 6) is -2.54. The van der Waals surface area contributed by atoms with Crippen LogP contribution in [0.25, 0.3) is 0 Å². The van der Waals surface area contributed by atoms with Gasteiger partial charge in [-0.1, -0.05) is 25.1 Å². The highest BCUT2D eigenvalue weighted by atomic mass is 19.3. The molecule has 1 aliphatic heterocycles. The Bertz CT molecular complexity index is 401. The Morgan fingerprint density at radius 2 is 2.12 bits per heavy atom. The number of piperidine rings is 1. The Hall–Kier alpha value is -1.12. The Balaban J connectivity index is 2.33. The molecule has 1 heterocycles. The van der Waals surface area contributed by atoms with Gasteiger partial charge in [0.2, 0.25) is 0 Å². The molecule has 1 aromatic rings. The molecule has 0 spiro atoms. The van der Waals surface area contributed by atoms with E-state index in [1.54, 1.807) is 0 Å². The van der Waals surface area contributed by atoms with Gasteiger partial charge in [-0.05, 0) is 30.9 Å². The van der Waals surface area contributed by atoms with E-state index in [0.717, 1.165) is 24.2 Å². The quantitative estimate of drug-likeness (QED) is 0.759. The third-order valence-electron chi connectivity index (χ3n) is 3.41. The standard InChI is InChI=1S/C14H19F2N/c1-3-12-7-4-6-11(2)13(12)17-9-5-8-14(15,16)10-17/h4,6-7H,3,5,8-10H2,1-2H3. The van der Waals surface area contributed by atoms with Crippen LogP contribution in [0.4, 0.5) is 14.5 Å². The van der Waals surface area contributed by atoms with E-state index in [0.29, 0.717) is 6.42 Å². The van der Waals surface area contributed by atoms with Crippen LogP contribution < -0.4 is 4.90 Å². The van der Waals surface area contributed by atoms with Crippen molar-refractivity contribution in [2.45, 2.75) is 39.0 Å². The number of anilines is 1. The Morgan fingerprint density at radius 3 is 2.76 bits per heavy atom. The lowest BCUT2D eigenvalue weighted by Crippen LogP contribution is -2.43. The van der Waals surface area contributed by atoms with Gasteiger partial charge >= 0.3 is 0 Å². The number of aryl methyl sites for hydroxylation is 2. The second-order valence-corrected chi connectivity index (χ2v) is 4.82. The Labute approximate surface area is 101 Å². The normalized spacial score (nSPS) is 19.4. The van der Waals surface area contributed by atoms with Crippen LogP contribution in [0.2, 0.25) is 0 Å². The fourth-order valence-corrected chi connectivity index (χ4v) is 2.61. The van der Waals surface area contributed by atoms with Crippen LogP contribution in [0.1, 0.15) is 30.9 Å². The fraction of sp³-hybridized carbons (Fsp3) is 0.571. The van der Waals surface area contributed by atoms with Gasteiger partial charge in [-0.3, -0.25) is 0 Å². The first-order valence-electron chi connectivity index (χ1n) is 6.25. The van der Waals surface area contributed by atoms with Gasteiger partial charge in [0.25, 0.3) is 5.92 Å².